The summed E-state index contributed by atoms with van der Waals surface area (Å²) in [5.74, 6) is 0.807. The Balaban J connectivity index is 1.51. The minimum absolute atomic E-state index is 0.00198. The van der Waals surface area contributed by atoms with E-state index in [0.29, 0.717) is 13.2 Å². The van der Waals surface area contributed by atoms with Gasteiger partial charge in [-0.1, -0.05) is 0 Å². The largest absolute Gasteiger partial charge is 0.492 e. The smallest absolute Gasteiger partial charge is 0.157 e. The first-order valence-electron chi connectivity index (χ1n) is 6.21. The van der Waals surface area contributed by atoms with Crippen LogP contribution in [-0.4, -0.2) is 31.1 Å². The zero-order valence-corrected chi connectivity index (χ0v) is 10.0. The lowest BCUT2D eigenvalue weighted by Crippen LogP contribution is -2.23. The summed E-state index contributed by atoms with van der Waals surface area (Å²) in [5.41, 5.74) is 0. The number of rotatable bonds is 6. The van der Waals surface area contributed by atoms with Gasteiger partial charge >= 0.3 is 0 Å². The number of hydrogen-bond donors (Lipinski definition) is 0. The lowest BCUT2D eigenvalue weighted by atomic mass is 10.2. The SMILES string of the molecule is c1cncc(OCCCOC2CCCCO2)c1. The van der Waals surface area contributed by atoms with Gasteiger partial charge in [-0.05, 0) is 31.4 Å². The third-order valence-electron chi connectivity index (χ3n) is 2.63. The van der Waals surface area contributed by atoms with Gasteiger partial charge in [0.2, 0.25) is 0 Å². The van der Waals surface area contributed by atoms with Crippen molar-refractivity contribution in [1.82, 2.24) is 4.98 Å². The van der Waals surface area contributed by atoms with Gasteiger partial charge in [0.1, 0.15) is 5.75 Å². The van der Waals surface area contributed by atoms with Crippen molar-refractivity contribution in [2.45, 2.75) is 32.0 Å². The molecule has 4 heteroatoms. The molecule has 0 amide bonds. The molecule has 1 aliphatic heterocycles. The Morgan fingerprint density at radius 3 is 3.12 bits per heavy atom. The van der Waals surface area contributed by atoms with E-state index >= 15 is 0 Å². The number of pyridine rings is 1. The summed E-state index contributed by atoms with van der Waals surface area (Å²) in [7, 11) is 0. The third kappa shape index (κ3) is 4.71. The quantitative estimate of drug-likeness (QED) is 0.712. The topological polar surface area (TPSA) is 40.6 Å². The molecule has 2 rings (SSSR count). The van der Waals surface area contributed by atoms with Gasteiger partial charge in [-0.15, -0.1) is 0 Å². The van der Waals surface area contributed by atoms with Gasteiger partial charge in [0.25, 0.3) is 0 Å². The molecule has 1 saturated heterocycles. The van der Waals surface area contributed by atoms with E-state index in [0.717, 1.165) is 31.6 Å². The van der Waals surface area contributed by atoms with Crippen LogP contribution in [0, 0.1) is 0 Å². The van der Waals surface area contributed by atoms with Crippen molar-refractivity contribution in [3.05, 3.63) is 24.5 Å². The maximum absolute atomic E-state index is 5.60. The van der Waals surface area contributed by atoms with Crippen molar-refractivity contribution < 1.29 is 14.2 Å². The van der Waals surface area contributed by atoms with E-state index in [4.69, 9.17) is 14.2 Å². The Labute approximate surface area is 102 Å². The van der Waals surface area contributed by atoms with Crippen LogP contribution < -0.4 is 4.74 Å². The minimum Gasteiger partial charge on any atom is -0.492 e. The van der Waals surface area contributed by atoms with Crippen LogP contribution >= 0.6 is 0 Å². The molecule has 1 fully saturated rings. The van der Waals surface area contributed by atoms with Crippen LogP contribution in [0.2, 0.25) is 0 Å². The molecule has 0 saturated carbocycles. The number of hydrogen-bond acceptors (Lipinski definition) is 4. The van der Waals surface area contributed by atoms with Crippen LogP contribution in [0.3, 0.4) is 0 Å². The van der Waals surface area contributed by atoms with Gasteiger partial charge in [0.05, 0.1) is 19.4 Å². The molecule has 0 spiro atoms. The molecule has 2 heterocycles. The predicted octanol–water partition coefficient (Wildman–Crippen LogP) is 2.39. The van der Waals surface area contributed by atoms with Crippen LogP contribution in [0.25, 0.3) is 0 Å². The molecule has 0 N–H and O–H groups in total. The Morgan fingerprint density at radius 1 is 1.35 bits per heavy atom. The molecule has 1 aromatic rings. The summed E-state index contributed by atoms with van der Waals surface area (Å²) in [6, 6.07) is 3.76. The lowest BCUT2D eigenvalue weighted by Gasteiger charge is -2.22. The summed E-state index contributed by atoms with van der Waals surface area (Å²) in [6.07, 6.45) is 7.70. The molecule has 1 atom stereocenters. The van der Waals surface area contributed by atoms with Crippen LogP contribution in [-0.2, 0) is 9.47 Å². The fourth-order valence-corrected chi connectivity index (χ4v) is 1.74. The van der Waals surface area contributed by atoms with Gasteiger partial charge in [-0.3, -0.25) is 4.98 Å². The minimum atomic E-state index is 0.00198. The molecule has 0 aliphatic carbocycles. The fraction of sp³-hybridized carbons (Fsp3) is 0.615. The summed E-state index contributed by atoms with van der Waals surface area (Å²) < 4.78 is 16.6. The van der Waals surface area contributed by atoms with E-state index in [2.05, 4.69) is 4.98 Å². The molecule has 1 aromatic heterocycles. The van der Waals surface area contributed by atoms with E-state index < -0.39 is 0 Å². The van der Waals surface area contributed by atoms with Crippen LogP contribution in [0.4, 0.5) is 0 Å². The highest BCUT2D eigenvalue weighted by molar-refractivity contribution is 5.15. The number of ether oxygens (including phenoxy) is 3. The average molecular weight is 237 g/mol. The number of nitrogens with zero attached hydrogens (tertiary/aromatic N) is 1. The zero-order valence-electron chi connectivity index (χ0n) is 10.0. The van der Waals surface area contributed by atoms with E-state index in [1.807, 2.05) is 12.1 Å². The first-order valence-corrected chi connectivity index (χ1v) is 6.21. The summed E-state index contributed by atoms with van der Waals surface area (Å²) >= 11 is 0. The second kappa shape index (κ2) is 7.25. The summed E-state index contributed by atoms with van der Waals surface area (Å²) in [5, 5.41) is 0. The third-order valence-corrected chi connectivity index (χ3v) is 2.63. The molecule has 0 bridgehead atoms. The van der Waals surface area contributed by atoms with Crippen molar-refractivity contribution in [3.8, 4) is 5.75 Å². The number of aromatic nitrogens is 1. The fourth-order valence-electron chi connectivity index (χ4n) is 1.74. The Bertz CT molecular complexity index is 299. The van der Waals surface area contributed by atoms with E-state index in [1.54, 1.807) is 12.4 Å². The molecule has 0 radical (unpaired) electrons. The molecular weight excluding hydrogens is 218 g/mol. The van der Waals surface area contributed by atoms with Gasteiger partial charge in [-0.25, -0.2) is 0 Å². The zero-order chi connectivity index (χ0) is 11.8. The van der Waals surface area contributed by atoms with E-state index in [1.165, 1.54) is 6.42 Å². The van der Waals surface area contributed by atoms with E-state index in [-0.39, 0.29) is 6.29 Å². The van der Waals surface area contributed by atoms with Crippen molar-refractivity contribution in [2.75, 3.05) is 19.8 Å². The molecule has 1 aliphatic rings. The maximum Gasteiger partial charge on any atom is 0.157 e. The molecule has 4 nitrogen and oxygen atoms in total. The normalized spacial score (nSPS) is 20.1. The Hall–Kier alpha value is -1.13. The molecular formula is C13H19NO3. The van der Waals surface area contributed by atoms with Crippen LogP contribution in [0.15, 0.2) is 24.5 Å². The molecule has 17 heavy (non-hydrogen) atoms. The summed E-state index contributed by atoms with van der Waals surface area (Å²) in [4.78, 5) is 3.98. The van der Waals surface area contributed by atoms with Crippen molar-refractivity contribution in [3.63, 3.8) is 0 Å². The molecule has 0 aromatic carbocycles. The van der Waals surface area contributed by atoms with Crippen LogP contribution in [0.5, 0.6) is 5.75 Å². The molecule has 94 valence electrons. The van der Waals surface area contributed by atoms with Gasteiger partial charge in [0, 0.05) is 19.2 Å². The van der Waals surface area contributed by atoms with Crippen molar-refractivity contribution in [1.29, 1.82) is 0 Å². The summed E-state index contributed by atoms with van der Waals surface area (Å²) in [6.45, 7) is 2.17. The lowest BCUT2D eigenvalue weighted by molar-refractivity contribution is -0.163. The maximum atomic E-state index is 5.60. The van der Waals surface area contributed by atoms with Crippen molar-refractivity contribution in [2.24, 2.45) is 0 Å². The average Bonchev–Trinajstić information content (AvgIpc) is 2.41. The highest BCUT2D eigenvalue weighted by Gasteiger charge is 2.13. The van der Waals surface area contributed by atoms with Crippen molar-refractivity contribution >= 4 is 0 Å². The standard InChI is InChI=1S/C13H19NO3/c1-2-8-16-13(6-1)17-10-4-9-15-12-5-3-7-14-11-12/h3,5,7,11,13H,1-2,4,6,8-10H2. The predicted molar refractivity (Wildman–Crippen MR) is 63.9 cm³/mol. The Kier molecular flexibility index (Phi) is 5.26. The van der Waals surface area contributed by atoms with Crippen LogP contribution in [0.1, 0.15) is 25.7 Å². The van der Waals surface area contributed by atoms with Gasteiger partial charge in [0.15, 0.2) is 6.29 Å². The first-order chi connectivity index (χ1) is 8.45. The van der Waals surface area contributed by atoms with Gasteiger partial charge in [-0.2, -0.15) is 0 Å². The second-order valence-corrected chi connectivity index (χ2v) is 4.06. The van der Waals surface area contributed by atoms with Gasteiger partial charge < -0.3 is 14.2 Å². The first kappa shape index (κ1) is 12.3. The highest BCUT2D eigenvalue weighted by atomic mass is 16.7. The van der Waals surface area contributed by atoms with E-state index in [9.17, 15) is 0 Å². The highest BCUT2D eigenvalue weighted by Crippen LogP contribution is 2.13. The monoisotopic (exact) mass is 237 g/mol. The molecule has 1 unspecified atom stereocenters. The Morgan fingerprint density at radius 2 is 2.35 bits per heavy atom. The second-order valence-electron chi connectivity index (χ2n) is 4.06.